The zero-order chi connectivity index (χ0) is 42.8. The highest BCUT2D eigenvalue weighted by Crippen LogP contribution is 2.58. The second kappa shape index (κ2) is 13.6. The van der Waals surface area contributed by atoms with E-state index < -0.39 is 0 Å². The number of hydrogen-bond donors (Lipinski definition) is 1. The summed E-state index contributed by atoms with van der Waals surface area (Å²) in [4.78, 5) is 2.60. The second-order valence-electron chi connectivity index (χ2n) is 19.9. The van der Waals surface area contributed by atoms with Gasteiger partial charge in [-0.2, -0.15) is 0 Å². The summed E-state index contributed by atoms with van der Waals surface area (Å²) in [5.41, 5.74) is 22.4. The lowest BCUT2D eigenvalue weighted by Gasteiger charge is -2.49. The van der Waals surface area contributed by atoms with Gasteiger partial charge in [0.1, 0.15) is 5.58 Å². The third kappa shape index (κ3) is 5.80. The summed E-state index contributed by atoms with van der Waals surface area (Å²) in [6.45, 7) is 14.6. The van der Waals surface area contributed by atoms with Crippen molar-refractivity contribution in [2.24, 2.45) is 0 Å². The van der Waals surface area contributed by atoms with Gasteiger partial charge >= 0.3 is 0 Å². The number of para-hydroxylation sites is 2. The highest BCUT2D eigenvalue weighted by molar-refractivity contribution is 6.74. The fourth-order valence-corrected chi connectivity index (χ4v) is 11.1. The Morgan fingerprint density at radius 2 is 1.16 bits per heavy atom. The normalized spacial score (nSPS) is 16.1. The second-order valence-corrected chi connectivity index (χ2v) is 19.9. The summed E-state index contributed by atoms with van der Waals surface area (Å²) in [5, 5.41) is 6.17. The van der Waals surface area contributed by atoms with Gasteiger partial charge in [-0.05, 0) is 122 Å². The van der Waals surface area contributed by atoms with Crippen LogP contribution in [0.1, 0.15) is 76.6 Å². The summed E-state index contributed by atoms with van der Waals surface area (Å²) < 4.78 is 7.10. The van der Waals surface area contributed by atoms with Crippen LogP contribution in [0.5, 0.6) is 0 Å². The lowest BCUT2D eigenvalue weighted by molar-refractivity contribution is 0.331. The highest BCUT2D eigenvalue weighted by atomic mass is 16.3. The molecule has 0 bridgehead atoms. The molecule has 1 aromatic heterocycles. The Bertz CT molecular complexity index is 3320. The van der Waals surface area contributed by atoms with Gasteiger partial charge in [0.2, 0.25) is 0 Å². The van der Waals surface area contributed by atoms with Crippen LogP contribution in [0.4, 0.5) is 28.4 Å². The molecule has 63 heavy (non-hydrogen) atoms. The summed E-state index contributed by atoms with van der Waals surface area (Å²) in [7, 11) is 2.44. The summed E-state index contributed by atoms with van der Waals surface area (Å²) >= 11 is 0. The third-order valence-corrected chi connectivity index (χ3v) is 14.7. The Hall–Kier alpha value is -6.78. The third-order valence-electron chi connectivity index (χ3n) is 14.7. The molecule has 0 fully saturated rings. The molecule has 0 saturated heterocycles. The van der Waals surface area contributed by atoms with Gasteiger partial charge in [-0.3, -0.25) is 0 Å². The Labute approximate surface area is 371 Å². The largest absolute Gasteiger partial charge is 0.454 e. The molecule has 0 saturated carbocycles. The number of fused-ring (bicyclic) bond motifs is 9. The van der Waals surface area contributed by atoms with Crippen molar-refractivity contribution in [3.8, 4) is 33.4 Å². The topological polar surface area (TPSA) is 28.4 Å². The van der Waals surface area contributed by atoms with Crippen LogP contribution in [0.15, 0.2) is 168 Å². The Morgan fingerprint density at radius 1 is 0.508 bits per heavy atom. The van der Waals surface area contributed by atoms with Crippen LogP contribution in [0, 0.1) is 0 Å². The van der Waals surface area contributed by atoms with Gasteiger partial charge in [-0.1, -0.05) is 168 Å². The van der Waals surface area contributed by atoms with Crippen molar-refractivity contribution in [1.29, 1.82) is 0 Å². The molecule has 1 aliphatic carbocycles. The van der Waals surface area contributed by atoms with Gasteiger partial charge < -0.3 is 14.6 Å². The van der Waals surface area contributed by atoms with Crippen molar-refractivity contribution >= 4 is 68.6 Å². The van der Waals surface area contributed by atoms with E-state index in [0.29, 0.717) is 0 Å². The van der Waals surface area contributed by atoms with E-state index in [4.69, 9.17) is 4.42 Å². The number of anilines is 5. The minimum absolute atomic E-state index is 0.0430. The van der Waals surface area contributed by atoms with E-state index in [1.54, 1.807) is 0 Å². The van der Waals surface area contributed by atoms with E-state index in [9.17, 15) is 0 Å². The van der Waals surface area contributed by atoms with Gasteiger partial charge in [0, 0.05) is 38.8 Å². The summed E-state index contributed by atoms with van der Waals surface area (Å²) in [6, 6.07) is 60.1. The number of benzene rings is 8. The molecule has 3 heterocycles. The molecular weight excluding hydrogens is 763 g/mol. The van der Waals surface area contributed by atoms with Gasteiger partial charge in [0.15, 0.2) is 12.9 Å². The van der Waals surface area contributed by atoms with Crippen LogP contribution in [0.2, 0.25) is 0 Å². The first-order valence-corrected chi connectivity index (χ1v) is 22.5. The van der Waals surface area contributed by atoms with Gasteiger partial charge in [0.05, 0.1) is 11.4 Å². The monoisotopic (exact) mass is 813 g/mol. The lowest BCUT2D eigenvalue weighted by atomic mass is 9.55. The number of furan rings is 1. The fraction of sp³-hybridized carbons (Fsp3) is 0.186. The molecule has 0 unspecified atom stereocenters. The summed E-state index contributed by atoms with van der Waals surface area (Å²) in [6.07, 6.45) is 2.33. The van der Waals surface area contributed by atoms with Crippen LogP contribution in [-0.2, 0) is 16.2 Å². The predicted octanol–water partition coefficient (Wildman–Crippen LogP) is 14.8. The maximum Gasteiger partial charge on any atom is 0.198 e. The summed E-state index contributed by atoms with van der Waals surface area (Å²) in [5.74, 6) is 0. The standard InChI is InChI=1S/C59H50BN2O/c1-57(2)29-30-58(3,4)47-35-51-48(34-46(47)57)59(5,6)45-24-16-25-49-54(45)62(51)55-53(60-49)43(33-44-41-23-13-14-26-52(41)63-56(44)55)42-32-39(37-19-11-8-12-20-37)27-28-50(42)61-40-22-15-21-38(31-40)36-17-9-7-10-18-36/h7-28,31-35,61H,29-30H2,1-6H3. The average Bonchev–Trinajstić information content (AvgIpc) is 3.68. The van der Waals surface area contributed by atoms with Crippen LogP contribution in [0.3, 0.4) is 0 Å². The molecule has 4 heteroatoms. The van der Waals surface area contributed by atoms with Crippen LogP contribution < -0.4 is 21.1 Å². The molecule has 305 valence electrons. The van der Waals surface area contributed by atoms with Gasteiger partial charge in [-0.25, -0.2) is 0 Å². The number of hydrogen-bond acceptors (Lipinski definition) is 3. The minimum atomic E-state index is -0.227. The molecule has 8 aromatic carbocycles. The predicted molar refractivity (Wildman–Crippen MR) is 267 cm³/mol. The molecule has 1 radical (unpaired) electrons. The molecule has 1 N–H and O–H groups in total. The van der Waals surface area contributed by atoms with E-state index in [2.05, 4.69) is 223 Å². The Morgan fingerprint density at radius 3 is 1.90 bits per heavy atom. The van der Waals surface area contributed by atoms with E-state index in [1.165, 1.54) is 67.8 Å². The maximum atomic E-state index is 7.10. The average molecular weight is 814 g/mol. The van der Waals surface area contributed by atoms with E-state index in [-0.39, 0.29) is 16.2 Å². The first-order chi connectivity index (χ1) is 30.5. The van der Waals surface area contributed by atoms with Crippen LogP contribution in [-0.4, -0.2) is 7.28 Å². The molecule has 3 nitrogen and oxygen atoms in total. The fourth-order valence-electron chi connectivity index (χ4n) is 11.1. The smallest absolute Gasteiger partial charge is 0.198 e. The number of nitrogens with one attached hydrogen (secondary N) is 1. The van der Waals surface area contributed by atoms with E-state index >= 15 is 0 Å². The van der Waals surface area contributed by atoms with Crippen molar-refractivity contribution in [3.05, 3.63) is 186 Å². The molecule has 0 spiro atoms. The zero-order valence-electron chi connectivity index (χ0n) is 36.9. The van der Waals surface area contributed by atoms with E-state index in [0.717, 1.165) is 62.0 Å². The zero-order valence-corrected chi connectivity index (χ0v) is 36.9. The van der Waals surface area contributed by atoms with Crippen LogP contribution >= 0.6 is 0 Å². The number of rotatable bonds is 5. The molecule has 9 aromatic rings. The molecule has 0 amide bonds. The quantitative estimate of drug-likeness (QED) is 0.176. The number of nitrogens with zero attached hydrogens (tertiary/aromatic N) is 1. The van der Waals surface area contributed by atoms with Crippen molar-refractivity contribution in [2.75, 3.05) is 10.2 Å². The molecule has 3 aliphatic rings. The first-order valence-electron chi connectivity index (χ1n) is 22.5. The van der Waals surface area contributed by atoms with E-state index in [1.807, 2.05) is 0 Å². The molecule has 0 atom stereocenters. The highest BCUT2D eigenvalue weighted by Gasteiger charge is 2.46. The first kappa shape index (κ1) is 37.9. The lowest BCUT2D eigenvalue weighted by Crippen LogP contribution is -2.46. The molecule has 12 rings (SSSR count). The molecular formula is C59H50BN2O. The van der Waals surface area contributed by atoms with Crippen LogP contribution in [0.25, 0.3) is 55.3 Å². The van der Waals surface area contributed by atoms with Crippen molar-refractivity contribution in [2.45, 2.75) is 70.6 Å². The van der Waals surface area contributed by atoms with Crippen molar-refractivity contribution in [1.82, 2.24) is 0 Å². The molecule has 2 aliphatic heterocycles. The van der Waals surface area contributed by atoms with Gasteiger partial charge in [-0.15, -0.1) is 0 Å². The maximum absolute atomic E-state index is 7.10. The van der Waals surface area contributed by atoms with Crippen molar-refractivity contribution in [3.63, 3.8) is 0 Å². The Balaban J connectivity index is 1.16. The van der Waals surface area contributed by atoms with Crippen molar-refractivity contribution < 1.29 is 4.42 Å². The SMILES string of the molecule is CC1(C)CCC(C)(C)c2cc3c(cc21)N1c2c(cccc2C3(C)C)[B]c2c(-c3cc(-c4ccccc4)ccc3Nc3cccc(-c4ccccc4)c3)cc3c(oc4ccccc43)c21. The minimum Gasteiger partial charge on any atom is -0.454 e. The van der Waals surface area contributed by atoms with Gasteiger partial charge in [0.25, 0.3) is 0 Å². The Kier molecular flexibility index (Phi) is 8.20.